The molecule has 1 aliphatic rings. The van der Waals surface area contributed by atoms with E-state index in [1.54, 1.807) is 0 Å². The molecule has 1 saturated heterocycles. The zero-order valence-electron chi connectivity index (χ0n) is 16.1. The zero-order chi connectivity index (χ0) is 20.2. The van der Waals surface area contributed by atoms with Gasteiger partial charge in [0.1, 0.15) is 0 Å². The molecule has 0 saturated carbocycles. The average Bonchev–Trinajstić information content (AvgIpc) is 2.67. The lowest BCUT2D eigenvalue weighted by Gasteiger charge is -2.29. The number of piperidine rings is 1. The van der Waals surface area contributed by atoms with E-state index in [2.05, 4.69) is 24.0 Å². The quantitative estimate of drug-likeness (QED) is 0.492. The molecule has 1 aromatic rings. The van der Waals surface area contributed by atoms with Gasteiger partial charge < -0.3 is 25.0 Å². The smallest absolute Gasteiger partial charge is 0.414 e. The third-order valence-electron chi connectivity index (χ3n) is 4.63. The number of rotatable bonds is 7. The van der Waals surface area contributed by atoms with Crippen LogP contribution in [-0.4, -0.2) is 58.4 Å². The van der Waals surface area contributed by atoms with Gasteiger partial charge in [0.2, 0.25) is 0 Å². The zero-order valence-corrected chi connectivity index (χ0v) is 16.1. The van der Waals surface area contributed by atoms with Crippen molar-refractivity contribution >= 4 is 11.9 Å². The van der Waals surface area contributed by atoms with Crippen LogP contribution in [0, 0.1) is 5.92 Å². The minimum Gasteiger partial charge on any atom is -0.473 e. The minimum absolute atomic E-state index is 0.346. The van der Waals surface area contributed by atoms with Crippen LogP contribution >= 0.6 is 0 Å². The summed E-state index contributed by atoms with van der Waals surface area (Å²) in [7, 11) is 0. The molecule has 0 amide bonds. The van der Waals surface area contributed by atoms with Gasteiger partial charge in [0.05, 0.1) is 19.3 Å². The van der Waals surface area contributed by atoms with Crippen molar-refractivity contribution in [1.82, 2.24) is 4.90 Å². The van der Waals surface area contributed by atoms with E-state index in [4.69, 9.17) is 24.5 Å². The van der Waals surface area contributed by atoms with Gasteiger partial charge in [-0.1, -0.05) is 38.1 Å². The summed E-state index contributed by atoms with van der Waals surface area (Å²) < 4.78 is 5.77. The Bertz CT molecular complexity index is 554. The lowest BCUT2D eigenvalue weighted by atomic mass is 9.99. The van der Waals surface area contributed by atoms with Gasteiger partial charge in [0.25, 0.3) is 0 Å². The summed E-state index contributed by atoms with van der Waals surface area (Å²) in [6, 6.07) is 8.10. The Morgan fingerprint density at radius 3 is 2.19 bits per heavy atom. The van der Waals surface area contributed by atoms with E-state index in [-0.39, 0.29) is 6.10 Å². The Balaban J connectivity index is 0.000000527. The number of hydrogen-bond acceptors (Lipinski definition) is 5. The van der Waals surface area contributed by atoms with Gasteiger partial charge in [-0.3, -0.25) is 0 Å². The Hall–Kier alpha value is -1.96. The highest BCUT2D eigenvalue weighted by atomic mass is 16.5. The molecule has 1 aromatic carbocycles. The number of carbonyl (C=O) groups is 2. The predicted molar refractivity (Wildman–Crippen MR) is 101 cm³/mol. The number of likely N-dealkylation sites (tertiary alicyclic amines) is 1. The number of benzene rings is 1. The molecule has 1 heterocycles. The molecule has 0 spiro atoms. The second-order valence-corrected chi connectivity index (χ2v) is 6.85. The Kier molecular flexibility index (Phi) is 10.6. The highest BCUT2D eigenvalue weighted by Crippen LogP contribution is 2.17. The summed E-state index contributed by atoms with van der Waals surface area (Å²) in [4.78, 5) is 20.7. The van der Waals surface area contributed by atoms with Crippen LogP contribution in [0.25, 0.3) is 0 Å². The second-order valence-electron chi connectivity index (χ2n) is 6.85. The molecular formula is C20H31NO6. The third-order valence-corrected chi connectivity index (χ3v) is 4.63. The normalized spacial score (nSPS) is 16.3. The number of carboxylic acids is 2. The first kappa shape index (κ1) is 23.1. The maximum Gasteiger partial charge on any atom is 0.414 e. The van der Waals surface area contributed by atoms with Crippen LogP contribution in [0.5, 0.6) is 0 Å². The van der Waals surface area contributed by atoms with Crippen molar-refractivity contribution in [3.8, 4) is 0 Å². The van der Waals surface area contributed by atoms with Crippen molar-refractivity contribution in [2.75, 3.05) is 26.2 Å². The van der Waals surface area contributed by atoms with Gasteiger partial charge in [0.15, 0.2) is 0 Å². The standard InChI is InChI=1S/C18H29NO2.C2H2O4/c1-3-18(20)17-6-4-16(5-7-17)14-21-13-12-19-10-8-15(2)9-11-19;3-1(4)2(5)6/h4-7,15,18,20H,3,8-14H2,1-2H3;(H,3,4)(H,5,6). The van der Waals surface area contributed by atoms with Crippen molar-refractivity contribution in [2.45, 2.75) is 45.8 Å². The van der Waals surface area contributed by atoms with Gasteiger partial charge in [-0.25, -0.2) is 9.59 Å². The number of aliphatic hydroxyl groups excluding tert-OH is 1. The number of carboxylic acid groups (broad SMARTS) is 2. The summed E-state index contributed by atoms with van der Waals surface area (Å²) >= 11 is 0. The SMILES string of the molecule is CCC(O)c1ccc(COCCN2CCC(C)CC2)cc1.O=C(O)C(=O)O. The molecule has 1 fully saturated rings. The van der Waals surface area contributed by atoms with Crippen LogP contribution in [0.2, 0.25) is 0 Å². The van der Waals surface area contributed by atoms with Gasteiger partial charge in [-0.2, -0.15) is 0 Å². The summed E-state index contributed by atoms with van der Waals surface area (Å²) in [5, 5.41) is 24.5. The summed E-state index contributed by atoms with van der Waals surface area (Å²) in [5.74, 6) is -2.76. The van der Waals surface area contributed by atoms with Gasteiger partial charge in [-0.15, -0.1) is 0 Å². The van der Waals surface area contributed by atoms with Gasteiger partial charge in [-0.05, 0) is 49.4 Å². The molecular weight excluding hydrogens is 350 g/mol. The van der Waals surface area contributed by atoms with Crippen molar-refractivity contribution in [3.63, 3.8) is 0 Å². The lowest BCUT2D eigenvalue weighted by molar-refractivity contribution is -0.159. The number of nitrogens with zero attached hydrogens (tertiary/aromatic N) is 1. The lowest BCUT2D eigenvalue weighted by Crippen LogP contribution is -2.35. The van der Waals surface area contributed by atoms with Crippen molar-refractivity contribution in [2.24, 2.45) is 5.92 Å². The monoisotopic (exact) mass is 381 g/mol. The molecule has 0 aromatic heterocycles. The summed E-state index contributed by atoms with van der Waals surface area (Å²) in [5.41, 5.74) is 2.16. The minimum atomic E-state index is -1.82. The number of aliphatic carboxylic acids is 2. The third kappa shape index (κ3) is 9.51. The van der Waals surface area contributed by atoms with E-state index in [0.29, 0.717) is 6.61 Å². The predicted octanol–water partition coefficient (Wildman–Crippen LogP) is 2.53. The van der Waals surface area contributed by atoms with E-state index in [1.165, 1.54) is 31.5 Å². The molecule has 0 bridgehead atoms. The maximum absolute atomic E-state index is 9.76. The van der Waals surface area contributed by atoms with Crippen LogP contribution in [0.4, 0.5) is 0 Å². The Labute approximate surface area is 160 Å². The topological polar surface area (TPSA) is 107 Å². The van der Waals surface area contributed by atoms with Crippen LogP contribution in [0.15, 0.2) is 24.3 Å². The summed E-state index contributed by atoms with van der Waals surface area (Å²) in [6.07, 6.45) is 3.05. The Morgan fingerprint density at radius 2 is 1.70 bits per heavy atom. The molecule has 27 heavy (non-hydrogen) atoms. The van der Waals surface area contributed by atoms with E-state index >= 15 is 0 Å². The molecule has 1 aliphatic heterocycles. The number of aliphatic hydroxyl groups is 1. The first-order valence-electron chi connectivity index (χ1n) is 9.36. The molecule has 152 valence electrons. The molecule has 3 N–H and O–H groups in total. The van der Waals surface area contributed by atoms with Crippen molar-refractivity contribution in [1.29, 1.82) is 0 Å². The molecule has 7 nitrogen and oxygen atoms in total. The molecule has 7 heteroatoms. The first-order valence-corrected chi connectivity index (χ1v) is 9.36. The molecule has 2 rings (SSSR count). The van der Waals surface area contributed by atoms with E-state index in [1.807, 2.05) is 19.1 Å². The highest BCUT2D eigenvalue weighted by molar-refractivity contribution is 6.27. The van der Waals surface area contributed by atoms with Gasteiger partial charge >= 0.3 is 11.9 Å². The van der Waals surface area contributed by atoms with Gasteiger partial charge in [0, 0.05) is 6.54 Å². The van der Waals surface area contributed by atoms with Crippen molar-refractivity contribution < 1.29 is 29.6 Å². The largest absolute Gasteiger partial charge is 0.473 e. The Morgan fingerprint density at radius 1 is 1.15 bits per heavy atom. The molecule has 0 radical (unpaired) electrons. The fourth-order valence-electron chi connectivity index (χ4n) is 2.74. The summed E-state index contributed by atoms with van der Waals surface area (Å²) in [6.45, 7) is 9.26. The fourth-order valence-corrected chi connectivity index (χ4v) is 2.74. The molecule has 1 unspecified atom stereocenters. The molecule has 1 atom stereocenters. The fraction of sp³-hybridized carbons (Fsp3) is 0.600. The van der Waals surface area contributed by atoms with Crippen LogP contribution < -0.4 is 0 Å². The van der Waals surface area contributed by atoms with Crippen molar-refractivity contribution in [3.05, 3.63) is 35.4 Å². The van der Waals surface area contributed by atoms with E-state index in [9.17, 15) is 5.11 Å². The first-order chi connectivity index (χ1) is 12.8. The highest BCUT2D eigenvalue weighted by Gasteiger charge is 2.14. The van der Waals surface area contributed by atoms with Crippen LogP contribution in [-0.2, 0) is 20.9 Å². The van der Waals surface area contributed by atoms with Crippen LogP contribution in [0.3, 0.4) is 0 Å². The van der Waals surface area contributed by atoms with Crippen LogP contribution in [0.1, 0.15) is 50.3 Å². The van der Waals surface area contributed by atoms with E-state index in [0.717, 1.165) is 31.1 Å². The second kappa shape index (κ2) is 12.4. The van der Waals surface area contributed by atoms with E-state index < -0.39 is 11.9 Å². The average molecular weight is 381 g/mol. The molecule has 0 aliphatic carbocycles. The number of hydrogen-bond donors (Lipinski definition) is 3. The number of ether oxygens (including phenoxy) is 1. The maximum atomic E-state index is 9.76.